The lowest BCUT2D eigenvalue weighted by Crippen LogP contribution is -2.50. The molecule has 4 aliphatic carbocycles. The van der Waals surface area contributed by atoms with Crippen molar-refractivity contribution in [2.24, 2.45) is 40.4 Å². The first kappa shape index (κ1) is 19.5. The van der Waals surface area contributed by atoms with Gasteiger partial charge in [0.15, 0.2) is 0 Å². The number of rotatable bonds is 8. The molecule has 162 valence electrons. The average molecular weight is 419 g/mol. The van der Waals surface area contributed by atoms with E-state index in [4.69, 9.17) is 6.85 Å². The summed E-state index contributed by atoms with van der Waals surface area (Å²) in [6.45, 7) is 7.54. The minimum absolute atomic E-state index is 0.253. The fourth-order valence-corrected chi connectivity index (χ4v) is 8.79. The maximum Gasteiger partial charge on any atom is 0.120 e. The van der Waals surface area contributed by atoms with Crippen molar-refractivity contribution in [3.8, 4) is 0 Å². The molecule has 8 atom stereocenters. The maximum atomic E-state index is 10.9. The summed E-state index contributed by atoms with van der Waals surface area (Å²) >= 11 is 1.33. The predicted octanol–water partition coefficient (Wildman–Crippen LogP) is 5.80. The van der Waals surface area contributed by atoms with Gasteiger partial charge in [-0.15, -0.1) is 0 Å². The van der Waals surface area contributed by atoms with Gasteiger partial charge in [0, 0.05) is 6.42 Å². The van der Waals surface area contributed by atoms with Crippen LogP contribution in [0.4, 0.5) is 0 Å². The monoisotopic (exact) mass is 419 g/mol. The number of carbonyl (C=O) groups is 1. The number of hydrogen-bond donors (Lipinski definition) is 0. The Morgan fingerprint density at radius 1 is 1.38 bits per heavy atom. The molecule has 7 unspecified atom stereocenters. The Morgan fingerprint density at radius 3 is 3.03 bits per heavy atom. The third-order valence-electron chi connectivity index (χ3n) is 9.83. The second kappa shape index (κ2) is 8.73. The molecule has 0 radical (unpaired) electrons. The third kappa shape index (κ3) is 3.79. The molecule has 0 heterocycles. The number of carbonyl (C=O) groups excluding carboxylic acids is 1. The molecule has 0 bridgehead atoms. The quantitative estimate of drug-likeness (QED) is 0.215. The Labute approximate surface area is 186 Å². The fraction of sp³-hybridized carbons (Fsp3) is 0.880. The van der Waals surface area contributed by atoms with Crippen LogP contribution in [0.25, 0.3) is 0 Å². The lowest BCUT2D eigenvalue weighted by atomic mass is 9.47. The highest BCUT2D eigenvalue weighted by atomic mass is 32.2. The van der Waals surface area contributed by atoms with Crippen molar-refractivity contribution in [3.05, 3.63) is 11.6 Å². The molecular formula is C25H41BO2S. The number of fused-ring (bicyclic) bond motifs is 5. The minimum Gasteiger partial charge on any atom is -0.312 e. The largest absolute Gasteiger partial charge is 0.312 e. The first-order chi connectivity index (χ1) is 14.8. The Bertz CT molecular complexity index is 688. The molecule has 29 heavy (non-hydrogen) atoms. The summed E-state index contributed by atoms with van der Waals surface area (Å²) in [5, 5.41) is 0. The highest BCUT2D eigenvalue weighted by Gasteiger charge is 2.59. The molecule has 4 aliphatic rings. The molecular weight excluding hydrogens is 375 g/mol. The second-order valence-electron chi connectivity index (χ2n) is 11.0. The first-order valence-electron chi connectivity index (χ1n) is 13.2. The molecule has 3 fully saturated rings. The van der Waals surface area contributed by atoms with Crippen molar-refractivity contribution in [3.63, 3.8) is 0 Å². The topological polar surface area (TPSA) is 26.3 Å². The van der Waals surface area contributed by atoms with Crippen molar-refractivity contribution in [2.45, 2.75) is 91.1 Å². The first-order valence-corrected chi connectivity index (χ1v) is 13.0. The third-order valence-corrected chi connectivity index (χ3v) is 10.4. The van der Waals surface area contributed by atoms with Gasteiger partial charge in [-0.2, -0.15) is 0 Å². The summed E-state index contributed by atoms with van der Waals surface area (Å²) in [6.07, 6.45) is 15.8. The van der Waals surface area contributed by atoms with Gasteiger partial charge in [0.25, 0.3) is 0 Å². The summed E-state index contributed by atoms with van der Waals surface area (Å²) in [6, 6.07) is 0. The van der Waals surface area contributed by atoms with E-state index >= 15 is 0 Å². The zero-order valence-corrected chi connectivity index (χ0v) is 19.5. The van der Waals surface area contributed by atoms with Gasteiger partial charge in [-0.3, -0.25) is 0 Å². The van der Waals surface area contributed by atoms with Crippen molar-refractivity contribution in [1.82, 2.24) is 0 Å². The van der Waals surface area contributed by atoms with Crippen LogP contribution in [0, 0.1) is 40.4 Å². The number of aldehydes is 1. The van der Waals surface area contributed by atoms with Gasteiger partial charge in [0.1, 0.15) is 14.1 Å². The lowest BCUT2D eigenvalue weighted by molar-refractivity contribution is -0.108. The number of hydrogen-bond acceptors (Lipinski definition) is 3. The molecule has 2 nitrogen and oxygen atoms in total. The molecule has 0 N–H and O–H groups in total. The zero-order valence-electron chi connectivity index (χ0n) is 20.7. The smallest absolute Gasteiger partial charge is 0.120 e. The van der Waals surface area contributed by atoms with Crippen LogP contribution in [0.1, 0.15) is 85.0 Å². The van der Waals surface area contributed by atoms with Gasteiger partial charge in [0.2, 0.25) is 0 Å². The molecule has 4 heteroatoms. The van der Waals surface area contributed by atoms with E-state index in [-0.39, 0.29) is 6.10 Å². The van der Waals surface area contributed by atoms with E-state index in [2.05, 4.69) is 26.8 Å². The molecule has 4 rings (SSSR count). The van der Waals surface area contributed by atoms with E-state index in [1.165, 1.54) is 50.6 Å². The van der Waals surface area contributed by atoms with Crippen LogP contribution in [-0.4, -0.2) is 28.5 Å². The van der Waals surface area contributed by atoms with Crippen LogP contribution in [0.2, 0.25) is 0 Å². The highest BCUT2D eigenvalue weighted by Crippen LogP contribution is 2.67. The minimum atomic E-state index is -0.804. The summed E-state index contributed by atoms with van der Waals surface area (Å²) in [7, 11) is -0.804. The maximum absolute atomic E-state index is 10.9. The Kier molecular flexibility index (Phi) is 5.86. The molecule has 0 aromatic rings. The van der Waals surface area contributed by atoms with Crippen LogP contribution >= 0.6 is 12.0 Å². The second-order valence-corrected chi connectivity index (χ2v) is 11.7. The van der Waals surface area contributed by atoms with E-state index in [0.717, 1.165) is 55.6 Å². The van der Waals surface area contributed by atoms with Gasteiger partial charge in [-0.1, -0.05) is 32.4 Å². The van der Waals surface area contributed by atoms with Crippen LogP contribution in [0.5, 0.6) is 0 Å². The summed E-state index contributed by atoms with van der Waals surface area (Å²) in [5.41, 5.74) is 2.87. The molecule has 0 amide bonds. The Hall–Kier alpha value is -0.215. The van der Waals surface area contributed by atoms with E-state index < -0.39 is 7.77 Å². The fourth-order valence-electron chi connectivity index (χ4n) is 8.35. The Balaban J connectivity index is 1.45. The molecule has 3 saturated carbocycles. The van der Waals surface area contributed by atoms with E-state index in [0.29, 0.717) is 22.4 Å². The van der Waals surface area contributed by atoms with E-state index in [9.17, 15) is 4.79 Å². The van der Waals surface area contributed by atoms with Crippen molar-refractivity contribution >= 4 is 26.1 Å². The predicted molar refractivity (Wildman–Crippen MR) is 126 cm³/mol. The average Bonchev–Trinajstić information content (AvgIpc) is 3.09. The van der Waals surface area contributed by atoms with Gasteiger partial charge >= 0.3 is 0 Å². The van der Waals surface area contributed by atoms with E-state index in [1.807, 2.05) is 0 Å². The van der Waals surface area contributed by atoms with Crippen molar-refractivity contribution < 1.29 is 8.98 Å². The molecule has 0 aromatic carbocycles. The molecule has 0 aliphatic heterocycles. The van der Waals surface area contributed by atoms with Crippen molar-refractivity contribution in [2.75, 3.05) is 5.65 Å². The standard InChI is InChI=1S/C25H41BO2S/c1-17(5-4-14-27)21-8-9-22-20-7-6-18-15-19(28-29-16-26)10-12-24(18,2)23(20)11-13-25(21,22)3/h6,14,17,19-23H,4-5,7-13,15-16,26H2,1-3H3/t17?,19-,20?,21?,22?,23?,24?,25?/m0/s1/i26TD. The van der Waals surface area contributed by atoms with E-state index in [1.54, 1.807) is 5.57 Å². The normalized spacial score (nSPS) is 45.8. The van der Waals surface area contributed by atoms with Gasteiger partial charge in [-0.25, -0.2) is 0 Å². The lowest BCUT2D eigenvalue weighted by Gasteiger charge is -2.58. The molecule has 0 saturated heterocycles. The summed E-state index contributed by atoms with van der Waals surface area (Å²) in [4.78, 5) is 10.9. The van der Waals surface area contributed by atoms with Crippen LogP contribution in [-0.2, 0) is 8.98 Å². The van der Waals surface area contributed by atoms with Gasteiger partial charge in [-0.05, 0) is 119 Å². The van der Waals surface area contributed by atoms with Crippen LogP contribution in [0.3, 0.4) is 0 Å². The van der Waals surface area contributed by atoms with Crippen LogP contribution < -0.4 is 0 Å². The zero-order chi connectivity index (χ0) is 22.2. The highest BCUT2D eigenvalue weighted by molar-refractivity contribution is 7.95. The summed E-state index contributed by atoms with van der Waals surface area (Å²) < 4.78 is 20.7. The molecule has 0 spiro atoms. The van der Waals surface area contributed by atoms with Gasteiger partial charge < -0.3 is 8.98 Å². The van der Waals surface area contributed by atoms with Gasteiger partial charge in [0.05, 0.1) is 6.10 Å². The van der Waals surface area contributed by atoms with Crippen LogP contribution in [0.15, 0.2) is 11.6 Å². The number of allylic oxidation sites excluding steroid dienone is 1. The SMILES string of the molecule is [2H]B([3H])CSO[C@H]1CCC2(C)C(=CCC3C2CCC2(C)C(C(C)CCC=O)CCC32)C1. The molecule has 0 aromatic heterocycles. The summed E-state index contributed by atoms with van der Waals surface area (Å²) in [5.74, 6) is 3.94. The van der Waals surface area contributed by atoms with Crippen molar-refractivity contribution in [1.29, 1.82) is 2.67 Å². The Morgan fingerprint density at radius 2 is 2.24 bits per heavy atom.